The highest BCUT2D eigenvalue weighted by Gasteiger charge is 2.05. The SMILES string of the molecule is Br.CCCC(=O)Nc1ccc(-c2csc(N/N=C/c3ccncc3)n2)cc1. The summed E-state index contributed by atoms with van der Waals surface area (Å²) in [5.74, 6) is 0.0347. The van der Waals surface area contributed by atoms with Gasteiger partial charge in [-0.1, -0.05) is 19.1 Å². The van der Waals surface area contributed by atoms with E-state index in [1.54, 1.807) is 18.6 Å². The van der Waals surface area contributed by atoms with Crippen LogP contribution in [0.25, 0.3) is 11.3 Å². The van der Waals surface area contributed by atoms with Crippen LogP contribution in [-0.4, -0.2) is 22.1 Å². The number of hydrogen-bond acceptors (Lipinski definition) is 6. The first-order valence-electron chi connectivity index (χ1n) is 8.29. The van der Waals surface area contributed by atoms with E-state index in [-0.39, 0.29) is 22.9 Å². The second-order valence-electron chi connectivity index (χ2n) is 5.56. The van der Waals surface area contributed by atoms with Crippen molar-refractivity contribution >= 4 is 51.3 Å². The van der Waals surface area contributed by atoms with Crippen LogP contribution in [0.5, 0.6) is 0 Å². The van der Waals surface area contributed by atoms with E-state index in [2.05, 4.69) is 25.8 Å². The van der Waals surface area contributed by atoms with E-state index in [9.17, 15) is 4.79 Å². The van der Waals surface area contributed by atoms with Crippen molar-refractivity contribution in [3.8, 4) is 11.3 Å². The number of hydrazone groups is 1. The minimum Gasteiger partial charge on any atom is -0.326 e. The Morgan fingerprint density at radius 2 is 1.93 bits per heavy atom. The highest BCUT2D eigenvalue weighted by atomic mass is 79.9. The summed E-state index contributed by atoms with van der Waals surface area (Å²) in [6.45, 7) is 1.98. The molecule has 0 spiro atoms. The van der Waals surface area contributed by atoms with Crippen LogP contribution >= 0.6 is 28.3 Å². The molecule has 6 nitrogen and oxygen atoms in total. The molecular formula is C19H20BrN5OS. The maximum Gasteiger partial charge on any atom is 0.224 e. The summed E-state index contributed by atoms with van der Waals surface area (Å²) in [5.41, 5.74) is 6.54. The number of carbonyl (C=O) groups is 1. The van der Waals surface area contributed by atoms with Gasteiger partial charge in [0.05, 0.1) is 11.9 Å². The number of carbonyl (C=O) groups excluding carboxylic acids is 1. The summed E-state index contributed by atoms with van der Waals surface area (Å²) >= 11 is 1.48. The van der Waals surface area contributed by atoms with Crippen molar-refractivity contribution in [3.05, 3.63) is 59.7 Å². The molecule has 3 aromatic rings. The first kappa shape index (κ1) is 20.7. The van der Waals surface area contributed by atoms with Gasteiger partial charge in [0.2, 0.25) is 11.0 Å². The topological polar surface area (TPSA) is 79.3 Å². The summed E-state index contributed by atoms with van der Waals surface area (Å²) < 4.78 is 0. The number of amides is 1. The molecule has 27 heavy (non-hydrogen) atoms. The zero-order valence-electron chi connectivity index (χ0n) is 14.8. The lowest BCUT2D eigenvalue weighted by Crippen LogP contribution is -2.10. The molecule has 140 valence electrons. The van der Waals surface area contributed by atoms with Gasteiger partial charge in [-0.15, -0.1) is 28.3 Å². The molecule has 8 heteroatoms. The van der Waals surface area contributed by atoms with Gasteiger partial charge in [-0.25, -0.2) is 4.98 Å². The Morgan fingerprint density at radius 3 is 2.63 bits per heavy atom. The normalized spacial score (nSPS) is 10.4. The number of pyridine rings is 1. The summed E-state index contributed by atoms with van der Waals surface area (Å²) in [5, 5.41) is 9.74. The smallest absolute Gasteiger partial charge is 0.224 e. The van der Waals surface area contributed by atoms with Crippen molar-refractivity contribution in [2.45, 2.75) is 19.8 Å². The zero-order chi connectivity index (χ0) is 18.2. The Labute approximate surface area is 172 Å². The Kier molecular flexibility index (Phi) is 8.09. The molecule has 0 unspecified atom stereocenters. The van der Waals surface area contributed by atoms with Gasteiger partial charge in [0.1, 0.15) is 0 Å². The van der Waals surface area contributed by atoms with Gasteiger partial charge < -0.3 is 5.32 Å². The minimum absolute atomic E-state index is 0. The molecule has 0 saturated heterocycles. The minimum atomic E-state index is 0. The van der Waals surface area contributed by atoms with Crippen molar-refractivity contribution < 1.29 is 4.79 Å². The van der Waals surface area contributed by atoms with Crippen LogP contribution in [0.1, 0.15) is 25.3 Å². The third-order valence-electron chi connectivity index (χ3n) is 3.53. The molecular weight excluding hydrogens is 426 g/mol. The summed E-state index contributed by atoms with van der Waals surface area (Å²) in [6.07, 6.45) is 6.52. The number of aromatic nitrogens is 2. The first-order valence-corrected chi connectivity index (χ1v) is 9.17. The molecule has 0 aliphatic carbocycles. The number of hydrogen-bond donors (Lipinski definition) is 2. The zero-order valence-corrected chi connectivity index (χ0v) is 17.3. The number of benzene rings is 1. The van der Waals surface area contributed by atoms with E-state index in [0.717, 1.165) is 28.9 Å². The van der Waals surface area contributed by atoms with Gasteiger partial charge in [0.15, 0.2) is 0 Å². The number of thiazole rings is 1. The largest absolute Gasteiger partial charge is 0.326 e. The predicted molar refractivity (Wildman–Crippen MR) is 117 cm³/mol. The number of nitrogens with zero attached hydrogens (tertiary/aromatic N) is 3. The molecule has 1 amide bonds. The first-order chi connectivity index (χ1) is 12.7. The molecule has 0 bridgehead atoms. The standard InChI is InChI=1S/C19H19N5OS.BrH/c1-2-3-18(25)22-16-6-4-15(5-7-16)17-13-26-19(23-17)24-21-12-14-8-10-20-11-9-14;/h4-13H,2-3H2,1H3,(H,22,25)(H,23,24);1H/b21-12+;. The maximum absolute atomic E-state index is 11.6. The van der Waals surface area contributed by atoms with Crippen molar-refractivity contribution in [3.63, 3.8) is 0 Å². The van der Waals surface area contributed by atoms with Gasteiger partial charge in [0.25, 0.3) is 0 Å². The van der Waals surface area contributed by atoms with E-state index in [1.165, 1.54) is 11.3 Å². The van der Waals surface area contributed by atoms with Gasteiger partial charge in [-0.05, 0) is 36.2 Å². The second kappa shape index (κ2) is 10.5. The van der Waals surface area contributed by atoms with Crippen LogP contribution < -0.4 is 10.7 Å². The fourth-order valence-electron chi connectivity index (χ4n) is 2.24. The Bertz CT molecular complexity index is 881. The Morgan fingerprint density at radius 1 is 1.19 bits per heavy atom. The van der Waals surface area contributed by atoms with Crippen molar-refractivity contribution in [2.24, 2.45) is 5.10 Å². The van der Waals surface area contributed by atoms with Gasteiger partial charge in [0, 0.05) is 35.4 Å². The third-order valence-corrected chi connectivity index (χ3v) is 4.27. The van der Waals surface area contributed by atoms with E-state index >= 15 is 0 Å². The number of halogens is 1. The molecule has 0 atom stereocenters. The summed E-state index contributed by atoms with van der Waals surface area (Å²) in [7, 11) is 0. The third kappa shape index (κ3) is 6.26. The number of anilines is 2. The van der Waals surface area contributed by atoms with Crippen LogP contribution in [0, 0.1) is 0 Å². The van der Waals surface area contributed by atoms with E-state index in [0.29, 0.717) is 11.6 Å². The van der Waals surface area contributed by atoms with E-state index < -0.39 is 0 Å². The van der Waals surface area contributed by atoms with Crippen LogP contribution in [0.15, 0.2) is 59.3 Å². The molecule has 0 aliphatic heterocycles. The fraction of sp³-hybridized carbons (Fsp3) is 0.158. The monoisotopic (exact) mass is 445 g/mol. The molecule has 2 N–H and O–H groups in total. The molecule has 3 rings (SSSR count). The highest BCUT2D eigenvalue weighted by molar-refractivity contribution is 8.93. The summed E-state index contributed by atoms with van der Waals surface area (Å²) in [6, 6.07) is 11.4. The van der Waals surface area contributed by atoms with E-state index in [1.807, 2.05) is 48.7 Å². The van der Waals surface area contributed by atoms with Crippen molar-refractivity contribution in [1.29, 1.82) is 0 Å². The lowest BCUT2D eigenvalue weighted by Gasteiger charge is -2.04. The molecule has 0 fully saturated rings. The number of rotatable bonds is 7. The average molecular weight is 446 g/mol. The van der Waals surface area contributed by atoms with Gasteiger partial charge in [-0.2, -0.15) is 5.10 Å². The number of nitrogens with one attached hydrogen (secondary N) is 2. The quantitative estimate of drug-likeness (QED) is 0.397. The van der Waals surface area contributed by atoms with Gasteiger partial charge in [-0.3, -0.25) is 15.2 Å². The van der Waals surface area contributed by atoms with E-state index in [4.69, 9.17) is 0 Å². The van der Waals surface area contributed by atoms with Crippen molar-refractivity contribution in [2.75, 3.05) is 10.7 Å². The lowest BCUT2D eigenvalue weighted by atomic mass is 10.1. The van der Waals surface area contributed by atoms with Crippen LogP contribution in [0.2, 0.25) is 0 Å². The highest BCUT2D eigenvalue weighted by Crippen LogP contribution is 2.26. The van der Waals surface area contributed by atoms with Crippen molar-refractivity contribution in [1.82, 2.24) is 9.97 Å². The predicted octanol–water partition coefficient (Wildman–Crippen LogP) is 4.97. The van der Waals surface area contributed by atoms with Crippen LogP contribution in [0.4, 0.5) is 10.8 Å². The maximum atomic E-state index is 11.6. The average Bonchev–Trinajstić information content (AvgIpc) is 3.12. The fourth-order valence-corrected chi connectivity index (χ4v) is 2.91. The van der Waals surface area contributed by atoms with Gasteiger partial charge >= 0.3 is 0 Å². The van der Waals surface area contributed by atoms with Crippen LogP contribution in [0.3, 0.4) is 0 Å². The molecule has 2 aromatic heterocycles. The molecule has 0 saturated carbocycles. The lowest BCUT2D eigenvalue weighted by molar-refractivity contribution is -0.116. The molecule has 2 heterocycles. The molecule has 1 aromatic carbocycles. The summed E-state index contributed by atoms with van der Waals surface area (Å²) in [4.78, 5) is 20.1. The second-order valence-corrected chi connectivity index (χ2v) is 6.42. The van der Waals surface area contributed by atoms with Crippen LogP contribution in [-0.2, 0) is 4.79 Å². The molecule has 0 aliphatic rings. The Hall–Kier alpha value is -2.58. The Balaban J connectivity index is 0.00000261. The molecule has 0 radical (unpaired) electrons.